The van der Waals surface area contributed by atoms with Gasteiger partial charge in [-0.05, 0) is 24.7 Å². The maximum Gasteiger partial charge on any atom is 0.00989 e. The van der Waals surface area contributed by atoms with Gasteiger partial charge in [0, 0.05) is 6.42 Å². The van der Waals surface area contributed by atoms with Crippen LogP contribution in [0.15, 0.2) is 0 Å². The molecule has 0 saturated carbocycles. The van der Waals surface area contributed by atoms with Gasteiger partial charge >= 0.3 is 0 Å². The van der Waals surface area contributed by atoms with Crippen molar-refractivity contribution in [2.45, 2.75) is 110 Å². The van der Waals surface area contributed by atoms with Crippen molar-refractivity contribution < 1.29 is 0 Å². The largest absolute Gasteiger partial charge is 0.0891 e. The fraction of sp³-hybridized carbons (Fsp3) is 0.810. The van der Waals surface area contributed by atoms with Crippen LogP contribution in [-0.2, 0) is 0 Å². The lowest BCUT2D eigenvalue weighted by Gasteiger charge is -2.02. The van der Waals surface area contributed by atoms with Crippen LogP contribution in [0.5, 0.6) is 0 Å². The van der Waals surface area contributed by atoms with Crippen molar-refractivity contribution in [2.24, 2.45) is 0 Å². The Balaban J connectivity index is 2.98. The van der Waals surface area contributed by atoms with Gasteiger partial charge in [0.1, 0.15) is 0 Å². The second-order valence-corrected chi connectivity index (χ2v) is 6.13. The Bertz CT molecular complexity index is 283. The molecule has 0 aromatic carbocycles. The molecule has 0 saturated heterocycles. The highest BCUT2D eigenvalue weighted by molar-refractivity contribution is 5.18. The lowest BCUT2D eigenvalue weighted by atomic mass is 10.0. The number of hydrogen-bond acceptors (Lipinski definition) is 0. The fourth-order valence-corrected chi connectivity index (χ4v) is 2.69. The summed E-state index contributed by atoms with van der Waals surface area (Å²) in [6.07, 6.45) is 28.6. The first-order chi connectivity index (χ1) is 10.4. The van der Waals surface area contributed by atoms with Gasteiger partial charge in [-0.3, -0.25) is 0 Å². The first kappa shape index (κ1) is 20.1. The molecular weight excluding hydrogens is 252 g/mol. The highest BCUT2D eigenvalue weighted by atomic mass is 14.0. The Labute approximate surface area is 134 Å². The number of rotatable bonds is 15. The molecule has 0 aliphatic carbocycles. The summed E-state index contributed by atoms with van der Waals surface area (Å²) in [4.78, 5) is 0. The summed E-state index contributed by atoms with van der Waals surface area (Å²) in [6, 6.07) is 0. The monoisotopic (exact) mass is 287 g/mol. The molecule has 119 valence electrons. The molecule has 21 heavy (non-hydrogen) atoms. The molecule has 0 N–H and O–H groups in total. The van der Waals surface area contributed by atoms with E-state index < -0.39 is 0 Å². The van der Waals surface area contributed by atoms with Crippen LogP contribution in [-0.4, -0.2) is 0 Å². The third-order valence-corrected chi connectivity index (χ3v) is 4.06. The zero-order valence-corrected chi connectivity index (χ0v) is 14.3. The van der Waals surface area contributed by atoms with Crippen LogP contribution in [0.25, 0.3) is 0 Å². The van der Waals surface area contributed by atoms with Crippen molar-refractivity contribution in [2.75, 3.05) is 0 Å². The topological polar surface area (TPSA) is 0 Å². The van der Waals surface area contributed by atoms with E-state index in [2.05, 4.69) is 24.7 Å². The number of hydrogen-bond donors (Lipinski definition) is 0. The Kier molecular flexibility index (Phi) is 18.3. The molecule has 0 heteroatoms. The van der Waals surface area contributed by atoms with Gasteiger partial charge in [0.25, 0.3) is 0 Å². The maximum atomic E-state index is 6.67. The summed E-state index contributed by atoms with van der Waals surface area (Å²) in [5, 5.41) is 0. The number of unbranched alkanes of at least 4 members (excludes halogenated alkanes) is 15. The van der Waals surface area contributed by atoms with Crippen molar-refractivity contribution in [3.05, 3.63) is 6.42 Å². The van der Waals surface area contributed by atoms with Crippen LogP contribution in [0.3, 0.4) is 0 Å². The fourth-order valence-electron chi connectivity index (χ4n) is 2.69. The summed E-state index contributed by atoms with van der Waals surface area (Å²) in [5.41, 5.74) is 0. The molecule has 0 nitrogen and oxygen atoms in total. The van der Waals surface area contributed by atoms with Crippen LogP contribution in [0.4, 0.5) is 0 Å². The molecule has 0 spiro atoms. The van der Waals surface area contributed by atoms with Crippen molar-refractivity contribution in [1.29, 1.82) is 0 Å². The first-order valence-corrected chi connectivity index (χ1v) is 9.31. The summed E-state index contributed by atoms with van der Waals surface area (Å²) < 4.78 is 0. The van der Waals surface area contributed by atoms with E-state index in [0.717, 1.165) is 6.42 Å². The highest BCUT2D eigenvalue weighted by Crippen LogP contribution is 2.13. The van der Waals surface area contributed by atoms with Gasteiger partial charge < -0.3 is 0 Å². The summed E-state index contributed by atoms with van der Waals surface area (Å²) in [7, 11) is 0. The summed E-state index contributed by atoms with van der Waals surface area (Å²) in [5.74, 6) is 7.61. The lowest BCUT2D eigenvalue weighted by Crippen LogP contribution is -1.83. The van der Waals surface area contributed by atoms with Crippen LogP contribution in [0.1, 0.15) is 110 Å². The zero-order valence-electron chi connectivity index (χ0n) is 14.3. The molecule has 0 aromatic heterocycles. The smallest absolute Gasteiger partial charge is 0.00989 e. The van der Waals surface area contributed by atoms with Crippen molar-refractivity contribution in [3.8, 4) is 17.8 Å². The quantitative estimate of drug-likeness (QED) is 0.228. The average Bonchev–Trinajstić information content (AvgIpc) is 2.50. The Hall–Kier alpha value is -0.880. The molecule has 0 heterocycles. The van der Waals surface area contributed by atoms with Crippen LogP contribution in [0.2, 0.25) is 0 Å². The molecule has 0 fully saturated rings. The third-order valence-electron chi connectivity index (χ3n) is 4.06. The van der Waals surface area contributed by atoms with E-state index in [1.54, 1.807) is 0 Å². The second-order valence-electron chi connectivity index (χ2n) is 6.13. The first-order valence-electron chi connectivity index (χ1n) is 9.31. The Morgan fingerprint density at radius 1 is 0.571 bits per heavy atom. The van der Waals surface area contributed by atoms with Gasteiger partial charge in [0.2, 0.25) is 0 Å². The predicted molar refractivity (Wildman–Crippen MR) is 94.5 cm³/mol. The minimum atomic E-state index is 0.935. The molecular formula is C21H35. The van der Waals surface area contributed by atoms with Gasteiger partial charge in [-0.1, -0.05) is 103 Å². The lowest BCUT2D eigenvalue weighted by molar-refractivity contribution is 0.533. The zero-order chi connectivity index (χ0) is 15.4. The Morgan fingerprint density at radius 2 is 0.952 bits per heavy atom. The standard InChI is InChI=1S/C21H35/c1-3-5-7-9-11-13-15-17-19-21-20-18-16-14-12-10-8-6-4-2/h3,5,7,9-21H2,1H3. The normalized spacial score (nSPS) is 9.90. The maximum absolute atomic E-state index is 6.67. The summed E-state index contributed by atoms with van der Waals surface area (Å²) >= 11 is 0. The van der Waals surface area contributed by atoms with Gasteiger partial charge in [-0.15, -0.1) is 0 Å². The van der Waals surface area contributed by atoms with Crippen LogP contribution in [0, 0.1) is 24.2 Å². The third kappa shape index (κ3) is 19.1. The molecule has 0 aliphatic rings. The van der Waals surface area contributed by atoms with Gasteiger partial charge in [0.15, 0.2) is 0 Å². The molecule has 0 unspecified atom stereocenters. The van der Waals surface area contributed by atoms with E-state index in [0.29, 0.717) is 0 Å². The van der Waals surface area contributed by atoms with E-state index in [1.165, 1.54) is 96.3 Å². The molecule has 0 amide bonds. The molecule has 0 aromatic rings. The van der Waals surface area contributed by atoms with E-state index in [1.807, 2.05) is 0 Å². The van der Waals surface area contributed by atoms with Gasteiger partial charge in [-0.2, -0.15) is 0 Å². The van der Waals surface area contributed by atoms with E-state index in [9.17, 15) is 0 Å². The van der Waals surface area contributed by atoms with E-state index >= 15 is 0 Å². The van der Waals surface area contributed by atoms with Crippen LogP contribution >= 0.6 is 0 Å². The molecule has 1 radical (unpaired) electrons. The van der Waals surface area contributed by atoms with Gasteiger partial charge in [0.05, 0.1) is 0 Å². The summed E-state index contributed by atoms with van der Waals surface area (Å²) in [6.45, 7) is 2.28. The molecule has 0 aliphatic heterocycles. The van der Waals surface area contributed by atoms with Crippen LogP contribution < -0.4 is 0 Å². The second kappa shape index (κ2) is 19.1. The predicted octanol–water partition coefficient (Wildman–Crippen LogP) is 6.84. The SMILES string of the molecule is [C]#CC#CCCCCCCCCCCCCCCCCC. The van der Waals surface area contributed by atoms with E-state index in [-0.39, 0.29) is 0 Å². The molecule has 0 atom stereocenters. The van der Waals surface area contributed by atoms with Crippen molar-refractivity contribution in [1.82, 2.24) is 0 Å². The van der Waals surface area contributed by atoms with E-state index in [4.69, 9.17) is 6.42 Å². The van der Waals surface area contributed by atoms with Gasteiger partial charge in [-0.25, -0.2) is 0 Å². The van der Waals surface area contributed by atoms with Crippen molar-refractivity contribution in [3.63, 3.8) is 0 Å². The minimum absolute atomic E-state index is 0.935. The molecule has 0 bridgehead atoms. The minimum Gasteiger partial charge on any atom is -0.0891 e. The molecule has 0 rings (SSSR count). The van der Waals surface area contributed by atoms with Crippen molar-refractivity contribution >= 4 is 0 Å². The highest BCUT2D eigenvalue weighted by Gasteiger charge is 1.93. The Morgan fingerprint density at radius 3 is 1.33 bits per heavy atom. The average molecular weight is 288 g/mol.